The minimum atomic E-state index is -4.51. The Bertz CT molecular complexity index is 641. The number of pyridine rings is 1. The molecule has 2 N–H and O–H groups in total. The molecule has 0 saturated carbocycles. The first-order valence-corrected chi connectivity index (χ1v) is 5.73. The van der Waals surface area contributed by atoms with Gasteiger partial charge in [0, 0.05) is 0 Å². The Labute approximate surface area is 116 Å². The van der Waals surface area contributed by atoms with Gasteiger partial charge in [-0.2, -0.15) is 13.2 Å². The van der Waals surface area contributed by atoms with Crippen molar-refractivity contribution in [3.63, 3.8) is 0 Å². The fraction of sp³-hybridized carbons (Fsp3) is 0.273. The summed E-state index contributed by atoms with van der Waals surface area (Å²) >= 11 is 0. The molecule has 0 radical (unpaired) electrons. The van der Waals surface area contributed by atoms with E-state index in [1.165, 1.54) is 18.3 Å². The summed E-state index contributed by atoms with van der Waals surface area (Å²) in [6.07, 6.45) is -3.13. The minimum Gasteiger partial charge on any atom is -0.480 e. The average molecular weight is 301 g/mol. The molecule has 2 rings (SSSR count). The van der Waals surface area contributed by atoms with E-state index in [4.69, 9.17) is 5.11 Å². The van der Waals surface area contributed by atoms with Crippen molar-refractivity contribution in [1.82, 2.24) is 20.0 Å². The Morgan fingerprint density at radius 2 is 2.14 bits per heavy atom. The first-order valence-electron chi connectivity index (χ1n) is 5.73. The van der Waals surface area contributed by atoms with Crippen LogP contribution in [0.4, 0.5) is 19.0 Å². The van der Waals surface area contributed by atoms with Crippen LogP contribution < -0.4 is 5.32 Å². The first kappa shape index (κ1) is 14.8. The monoisotopic (exact) mass is 301 g/mol. The van der Waals surface area contributed by atoms with Crippen LogP contribution in [-0.4, -0.2) is 31.1 Å². The third kappa shape index (κ3) is 4.16. The summed E-state index contributed by atoms with van der Waals surface area (Å²) in [6, 6.07) is 3.49. The molecule has 10 heteroatoms. The molecule has 0 fully saturated rings. The van der Waals surface area contributed by atoms with Gasteiger partial charge in [-0.25, -0.2) is 9.67 Å². The highest BCUT2D eigenvalue weighted by Crippen LogP contribution is 2.28. The van der Waals surface area contributed by atoms with Gasteiger partial charge in [-0.05, 0) is 12.1 Å². The summed E-state index contributed by atoms with van der Waals surface area (Å²) in [5.74, 6) is -1.03. The Kier molecular flexibility index (Phi) is 4.05. The fourth-order valence-corrected chi connectivity index (χ4v) is 1.51. The molecule has 0 amide bonds. The lowest BCUT2D eigenvalue weighted by atomic mass is 10.3. The van der Waals surface area contributed by atoms with Crippen LogP contribution in [0.5, 0.6) is 0 Å². The number of carboxylic acid groups (broad SMARTS) is 1. The molecular weight excluding hydrogens is 291 g/mol. The maximum absolute atomic E-state index is 12.5. The molecule has 2 aromatic heterocycles. The number of hydrogen-bond donors (Lipinski definition) is 2. The van der Waals surface area contributed by atoms with Gasteiger partial charge in [-0.1, -0.05) is 11.3 Å². The van der Waals surface area contributed by atoms with E-state index in [0.29, 0.717) is 5.69 Å². The van der Waals surface area contributed by atoms with Crippen LogP contribution >= 0.6 is 0 Å². The normalized spacial score (nSPS) is 11.4. The smallest absolute Gasteiger partial charge is 0.433 e. The lowest BCUT2D eigenvalue weighted by molar-refractivity contribution is -0.141. The Morgan fingerprint density at radius 3 is 2.81 bits per heavy atom. The highest BCUT2D eigenvalue weighted by atomic mass is 19.4. The SMILES string of the molecule is O=C(O)Cn1cc(CNc2cccc(C(F)(F)F)n2)nn1. The van der Waals surface area contributed by atoms with E-state index < -0.39 is 17.8 Å². The van der Waals surface area contributed by atoms with Crippen LogP contribution in [-0.2, 0) is 24.1 Å². The van der Waals surface area contributed by atoms with E-state index in [-0.39, 0.29) is 18.9 Å². The van der Waals surface area contributed by atoms with Crippen LogP contribution in [0.25, 0.3) is 0 Å². The number of hydrogen-bond acceptors (Lipinski definition) is 5. The fourth-order valence-electron chi connectivity index (χ4n) is 1.51. The zero-order chi connectivity index (χ0) is 15.5. The van der Waals surface area contributed by atoms with Crippen molar-refractivity contribution in [2.75, 3.05) is 5.32 Å². The highest BCUT2D eigenvalue weighted by molar-refractivity contribution is 5.66. The molecule has 0 bridgehead atoms. The molecule has 0 aliphatic carbocycles. The second-order valence-electron chi connectivity index (χ2n) is 4.06. The molecule has 7 nitrogen and oxygen atoms in total. The van der Waals surface area contributed by atoms with Gasteiger partial charge in [-0.15, -0.1) is 5.10 Å². The number of anilines is 1. The molecule has 21 heavy (non-hydrogen) atoms. The van der Waals surface area contributed by atoms with Gasteiger partial charge in [0.15, 0.2) is 0 Å². The van der Waals surface area contributed by atoms with Crippen molar-refractivity contribution in [3.8, 4) is 0 Å². The Balaban J connectivity index is 2.00. The van der Waals surface area contributed by atoms with Crippen molar-refractivity contribution in [1.29, 1.82) is 0 Å². The Morgan fingerprint density at radius 1 is 1.38 bits per heavy atom. The zero-order valence-corrected chi connectivity index (χ0v) is 10.5. The summed E-state index contributed by atoms with van der Waals surface area (Å²) in [4.78, 5) is 13.9. The van der Waals surface area contributed by atoms with E-state index in [1.807, 2.05) is 0 Å². The van der Waals surface area contributed by atoms with Gasteiger partial charge >= 0.3 is 12.1 Å². The quantitative estimate of drug-likeness (QED) is 0.867. The standard InChI is InChI=1S/C11H10F3N5O2/c12-11(13,14)8-2-1-3-9(16-8)15-4-7-5-19(18-17-7)6-10(20)21/h1-3,5H,4,6H2,(H,15,16)(H,20,21). The largest absolute Gasteiger partial charge is 0.480 e. The van der Waals surface area contributed by atoms with Gasteiger partial charge in [0.1, 0.15) is 23.8 Å². The van der Waals surface area contributed by atoms with Gasteiger partial charge < -0.3 is 10.4 Å². The second kappa shape index (κ2) is 5.77. The van der Waals surface area contributed by atoms with Crippen molar-refractivity contribution >= 4 is 11.8 Å². The van der Waals surface area contributed by atoms with E-state index in [9.17, 15) is 18.0 Å². The molecule has 0 saturated heterocycles. The molecule has 112 valence electrons. The van der Waals surface area contributed by atoms with E-state index in [1.54, 1.807) is 0 Å². The predicted octanol–water partition coefficient (Wildman–Crippen LogP) is 1.39. The number of carboxylic acids is 1. The van der Waals surface area contributed by atoms with Gasteiger partial charge in [0.2, 0.25) is 0 Å². The van der Waals surface area contributed by atoms with Crippen molar-refractivity contribution in [2.45, 2.75) is 19.3 Å². The number of nitrogens with one attached hydrogen (secondary N) is 1. The van der Waals surface area contributed by atoms with Crippen molar-refractivity contribution in [3.05, 3.63) is 35.8 Å². The van der Waals surface area contributed by atoms with Crippen LogP contribution in [0.1, 0.15) is 11.4 Å². The van der Waals surface area contributed by atoms with Crippen LogP contribution in [0.2, 0.25) is 0 Å². The lowest BCUT2D eigenvalue weighted by Gasteiger charge is -2.08. The molecule has 0 atom stereocenters. The minimum absolute atomic E-state index is 0.0395. The summed E-state index contributed by atoms with van der Waals surface area (Å²) < 4.78 is 38.6. The van der Waals surface area contributed by atoms with E-state index >= 15 is 0 Å². The van der Waals surface area contributed by atoms with Crippen LogP contribution in [0, 0.1) is 0 Å². The van der Waals surface area contributed by atoms with E-state index in [0.717, 1.165) is 10.7 Å². The maximum atomic E-state index is 12.5. The molecule has 0 aromatic carbocycles. The number of halogens is 3. The molecule has 0 aliphatic rings. The second-order valence-corrected chi connectivity index (χ2v) is 4.06. The van der Waals surface area contributed by atoms with Crippen LogP contribution in [0.15, 0.2) is 24.4 Å². The summed E-state index contributed by atoms with van der Waals surface area (Å²) in [7, 11) is 0. The number of nitrogens with zero attached hydrogens (tertiary/aromatic N) is 4. The van der Waals surface area contributed by atoms with E-state index in [2.05, 4.69) is 20.6 Å². The third-order valence-corrected chi connectivity index (χ3v) is 2.37. The number of aliphatic carboxylic acids is 1. The van der Waals surface area contributed by atoms with Crippen molar-refractivity contribution < 1.29 is 23.1 Å². The predicted molar refractivity (Wildman–Crippen MR) is 64.2 cm³/mol. The number of alkyl halides is 3. The van der Waals surface area contributed by atoms with Gasteiger partial charge in [0.05, 0.1) is 12.7 Å². The molecule has 2 aromatic rings. The average Bonchev–Trinajstić information content (AvgIpc) is 2.82. The number of aromatic nitrogens is 4. The number of carbonyl (C=O) groups is 1. The van der Waals surface area contributed by atoms with Crippen molar-refractivity contribution in [2.24, 2.45) is 0 Å². The lowest BCUT2D eigenvalue weighted by Crippen LogP contribution is -2.10. The number of rotatable bonds is 5. The Hall–Kier alpha value is -2.65. The molecule has 2 heterocycles. The molecule has 0 spiro atoms. The summed E-state index contributed by atoms with van der Waals surface area (Å²) in [5.41, 5.74) is -0.613. The molecule has 0 aliphatic heterocycles. The zero-order valence-electron chi connectivity index (χ0n) is 10.5. The summed E-state index contributed by atoms with van der Waals surface area (Å²) in [6.45, 7) is -0.261. The highest BCUT2D eigenvalue weighted by Gasteiger charge is 2.32. The molecule has 0 unspecified atom stereocenters. The van der Waals surface area contributed by atoms with Gasteiger partial charge in [-0.3, -0.25) is 4.79 Å². The first-order chi connectivity index (χ1) is 9.84. The van der Waals surface area contributed by atoms with Crippen LogP contribution in [0.3, 0.4) is 0 Å². The summed E-state index contributed by atoms with van der Waals surface area (Å²) in [5, 5.41) is 18.5. The maximum Gasteiger partial charge on any atom is 0.433 e. The molecular formula is C11H10F3N5O2. The third-order valence-electron chi connectivity index (χ3n) is 2.37. The van der Waals surface area contributed by atoms with Gasteiger partial charge in [0.25, 0.3) is 0 Å². The topological polar surface area (TPSA) is 92.9 Å².